The van der Waals surface area contributed by atoms with Crippen LogP contribution in [0, 0.1) is 23.7 Å². The molecule has 15 nitrogen and oxygen atoms in total. The first-order valence-corrected chi connectivity index (χ1v) is 21.6. The molecule has 0 spiro atoms. The maximum atomic E-state index is 13.8. The molecule has 488 valence electrons. The van der Waals surface area contributed by atoms with Crippen molar-refractivity contribution >= 4 is 52.9 Å². The van der Waals surface area contributed by atoms with Gasteiger partial charge in [0, 0.05) is 32.6 Å². The summed E-state index contributed by atoms with van der Waals surface area (Å²) in [6.07, 6.45) is 0.695. The monoisotopic (exact) mass is 1180 g/mol. The highest BCUT2D eigenvalue weighted by molar-refractivity contribution is 6.23. The standard InChI is InChI=1S/C28H31NO8.C22H25NO5.18CH4/c1-6-22(35-17(3)30)15-25(20-7-11-23(12-8-20)36-18(4)31)26-16(2)27(33)29(28(26)34)21-9-13-24(14-10-21)37-19(5)32;1-3-16(24)12-19(14-4-8-17(25)9-5-14)20-13(2)21(27)23(22(20)28)15-6-10-18(26)11-7-15;;;;;;;;;;;;;;;;;;/h7-14,16,22,25-26H,6,15H2,1-5H3;4-11,13,16,19-20,24-26H,3,12H2,1-2H3;18*1H4. The first kappa shape index (κ1) is 111. The molecule has 4 aromatic carbocycles. The molecule has 0 aromatic heterocycles. The zero-order chi connectivity index (χ0) is 47.7. The molecule has 2 fully saturated rings. The van der Waals surface area contributed by atoms with Gasteiger partial charge in [-0.3, -0.25) is 43.4 Å². The van der Waals surface area contributed by atoms with Gasteiger partial charge in [0.15, 0.2) is 0 Å². The molecule has 0 aliphatic carbocycles. The molecule has 83 heavy (non-hydrogen) atoms. The molecule has 2 saturated heterocycles. The lowest BCUT2D eigenvalue weighted by Crippen LogP contribution is -2.33. The number of hydrogen-bond donors (Lipinski definition) is 3. The maximum Gasteiger partial charge on any atom is 0.308 e. The molecule has 8 unspecified atom stereocenters. The van der Waals surface area contributed by atoms with E-state index in [2.05, 4.69) is 0 Å². The van der Waals surface area contributed by atoms with E-state index in [0.29, 0.717) is 48.6 Å². The lowest BCUT2D eigenvalue weighted by Gasteiger charge is -2.28. The summed E-state index contributed by atoms with van der Waals surface area (Å²) in [5, 5.41) is 29.3. The van der Waals surface area contributed by atoms with Gasteiger partial charge in [0.2, 0.25) is 23.6 Å². The van der Waals surface area contributed by atoms with Crippen molar-refractivity contribution in [1.82, 2.24) is 0 Å². The Hall–Kier alpha value is -6.87. The van der Waals surface area contributed by atoms with Crippen molar-refractivity contribution < 1.29 is 63.1 Å². The second-order valence-corrected chi connectivity index (χ2v) is 16.4. The molecule has 0 saturated carbocycles. The Labute approximate surface area is 510 Å². The molecular formula is C68H128N2O13. The van der Waals surface area contributed by atoms with Crippen molar-refractivity contribution in [3.8, 4) is 23.0 Å². The summed E-state index contributed by atoms with van der Waals surface area (Å²) >= 11 is 0. The van der Waals surface area contributed by atoms with Crippen LogP contribution in [0.3, 0.4) is 0 Å². The summed E-state index contributed by atoms with van der Waals surface area (Å²) in [5.41, 5.74) is 2.35. The molecule has 6 rings (SSSR count). The number of phenolic OH excluding ortho intramolecular Hbond substituents is 2. The maximum absolute atomic E-state index is 13.8. The van der Waals surface area contributed by atoms with Crippen molar-refractivity contribution in [1.29, 1.82) is 0 Å². The number of hydrogen-bond acceptors (Lipinski definition) is 13. The number of aliphatic hydroxyl groups excluding tert-OH is 1. The van der Waals surface area contributed by atoms with Gasteiger partial charge >= 0.3 is 17.9 Å². The third-order valence-electron chi connectivity index (χ3n) is 11.8. The summed E-state index contributed by atoms with van der Waals surface area (Å²) in [5.74, 6) is -5.19. The SMILES string of the molecule is C.C.C.C.C.C.C.C.C.C.C.C.C.C.C.C.C.C.CCC(CC(c1ccc(OC(C)=O)cc1)C1C(=O)N(c2ccc(OC(C)=O)cc2)C(=O)C1C)OC(C)=O.CCC(O)CC(c1ccc(O)cc1)C1C(=O)N(c2ccc(O)cc2)C(=O)C1C. The van der Waals surface area contributed by atoms with Crippen LogP contribution in [0.1, 0.15) is 231 Å². The van der Waals surface area contributed by atoms with Crippen molar-refractivity contribution in [2.75, 3.05) is 9.80 Å². The largest absolute Gasteiger partial charge is 0.508 e. The van der Waals surface area contributed by atoms with Crippen LogP contribution < -0.4 is 19.3 Å². The number of aliphatic hydroxyl groups is 1. The second kappa shape index (κ2) is 49.7. The zero-order valence-electron chi connectivity index (χ0n) is 37.5. The minimum Gasteiger partial charge on any atom is -0.508 e. The van der Waals surface area contributed by atoms with E-state index >= 15 is 0 Å². The van der Waals surface area contributed by atoms with Crippen molar-refractivity contribution in [3.63, 3.8) is 0 Å². The minimum absolute atomic E-state index is 0. The molecule has 3 N–H and O–H groups in total. The van der Waals surface area contributed by atoms with Crippen LogP contribution in [-0.4, -0.2) is 69.1 Å². The Morgan fingerprint density at radius 2 is 0.723 bits per heavy atom. The normalized spacial score (nSPS) is 15.7. The highest BCUT2D eigenvalue weighted by Crippen LogP contribution is 2.44. The fourth-order valence-corrected chi connectivity index (χ4v) is 8.57. The topological polar surface area (TPSA) is 214 Å². The lowest BCUT2D eigenvalue weighted by molar-refractivity contribution is -0.147. The van der Waals surface area contributed by atoms with Crippen molar-refractivity contribution in [2.24, 2.45) is 23.7 Å². The fraction of sp³-hybridized carbons (Fsp3) is 0.544. The van der Waals surface area contributed by atoms with E-state index < -0.39 is 59.7 Å². The zero-order valence-corrected chi connectivity index (χ0v) is 37.5. The van der Waals surface area contributed by atoms with Crippen molar-refractivity contribution in [3.05, 3.63) is 108 Å². The Bertz CT molecular complexity index is 2350. The number of carbonyl (C=O) groups is 7. The quantitative estimate of drug-likeness (QED) is 0.0575. The molecule has 8 atom stereocenters. The van der Waals surface area contributed by atoms with Crippen LogP contribution >= 0.6 is 0 Å². The molecule has 2 aliphatic heterocycles. The highest BCUT2D eigenvalue weighted by atomic mass is 16.5. The van der Waals surface area contributed by atoms with Gasteiger partial charge in [-0.25, -0.2) is 0 Å². The summed E-state index contributed by atoms with van der Waals surface area (Å²) in [6, 6.07) is 25.4. The Morgan fingerprint density at radius 1 is 0.434 bits per heavy atom. The van der Waals surface area contributed by atoms with E-state index in [1.807, 2.05) is 13.8 Å². The van der Waals surface area contributed by atoms with Gasteiger partial charge in [0.1, 0.15) is 29.1 Å². The van der Waals surface area contributed by atoms with Crippen molar-refractivity contribution in [2.45, 2.75) is 232 Å². The van der Waals surface area contributed by atoms with Crippen LogP contribution in [0.5, 0.6) is 23.0 Å². The van der Waals surface area contributed by atoms with Gasteiger partial charge < -0.3 is 29.5 Å². The number of benzene rings is 4. The first-order valence-electron chi connectivity index (χ1n) is 21.6. The summed E-state index contributed by atoms with van der Waals surface area (Å²) in [7, 11) is 0. The number of imide groups is 2. The molecular weight excluding hydrogens is 1050 g/mol. The van der Waals surface area contributed by atoms with E-state index in [9.17, 15) is 48.9 Å². The molecule has 0 radical (unpaired) electrons. The smallest absolute Gasteiger partial charge is 0.308 e. The number of esters is 3. The number of rotatable bonds is 15. The Morgan fingerprint density at radius 3 is 1.02 bits per heavy atom. The lowest BCUT2D eigenvalue weighted by atomic mass is 9.76. The molecule has 4 amide bonds. The molecule has 2 heterocycles. The van der Waals surface area contributed by atoms with Gasteiger partial charge in [-0.05, 0) is 121 Å². The third kappa shape index (κ3) is 27.4. The van der Waals surface area contributed by atoms with E-state index in [-0.39, 0.29) is 175 Å². The van der Waals surface area contributed by atoms with Crippen LogP contribution in [0.4, 0.5) is 11.4 Å². The summed E-state index contributed by atoms with van der Waals surface area (Å²) in [4.78, 5) is 89.8. The summed E-state index contributed by atoms with van der Waals surface area (Å²) < 4.78 is 15.7. The van der Waals surface area contributed by atoms with E-state index in [1.54, 1.807) is 74.5 Å². The highest BCUT2D eigenvalue weighted by Gasteiger charge is 2.51. The van der Waals surface area contributed by atoms with Gasteiger partial charge in [-0.15, -0.1) is 0 Å². The molecule has 2 aliphatic rings. The number of nitrogens with zero attached hydrogens (tertiary/aromatic N) is 2. The predicted octanol–water partition coefficient (Wildman–Crippen LogP) is 18.8. The van der Waals surface area contributed by atoms with Crippen LogP contribution in [-0.2, 0) is 38.3 Å². The average Bonchev–Trinajstić information content (AvgIpc) is 3.62. The number of aromatic hydroxyl groups is 2. The fourth-order valence-electron chi connectivity index (χ4n) is 8.57. The van der Waals surface area contributed by atoms with Gasteiger partial charge in [-0.2, -0.15) is 0 Å². The first-order chi connectivity index (χ1) is 30.8. The Kier molecular flexibility index (Phi) is 66.7. The van der Waals surface area contributed by atoms with Crippen LogP contribution in [0.2, 0.25) is 0 Å². The van der Waals surface area contributed by atoms with E-state index in [4.69, 9.17) is 14.2 Å². The minimum atomic E-state index is -0.718. The molecule has 0 bridgehead atoms. The van der Waals surface area contributed by atoms with Gasteiger partial charge in [0.05, 0.1) is 29.3 Å². The molecule has 15 heteroatoms. The van der Waals surface area contributed by atoms with Gasteiger partial charge in [0.25, 0.3) is 0 Å². The number of carbonyl (C=O) groups excluding carboxylic acids is 7. The third-order valence-corrected chi connectivity index (χ3v) is 11.8. The van der Waals surface area contributed by atoms with E-state index in [1.165, 1.54) is 62.1 Å². The summed E-state index contributed by atoms with van der Waals surface area (Å²) in [6.45, 7) is 11.1. The van der Waals surface area contributed by atoms with Crippen LogP contribution in [0.25, 0.3) is 0 Å². The van der Waals surface area contributed by atoms with Crippen LogP contribution in [0.15, 0.2) is 97.1 Å². The second-order valence-electron chi connectivity index (χ2n) is 16.4. The molecule has 4 aromatic rings. The average molecular weight is 1180 g/mol. The number of phenols is 2. The predicted molar refractivity (Wildman–Crippen MR) is 360 cm³/mol. The number of anilines is 2. The number of amides is 4. The number of ether oxygens (including phenoxy) is 3. The Balaban J connectivity index is -0.0000000801. The van der Waals surface area contributed by atoms with E-state index in [0.717, 1.165) is 16.0 Å². The van der Waals surface area contributed by atoms with Gasteiger partial charge in [-0.1, -0.05) is 186 Å².